The highest BCUT2D eigenvalue weighted by Gasteiger charge is 2.42. The molecule has 0 aliphatic heterocycles. The zero-order valence-corrected chi connectivity index (χ0v) is 15.8. The van der Waals surface area contributed by atoms with Crippen LogP contribution in [0.5, 0.6) is 0 Å². The Hall–Kier alpha value is -2.18. The molecular weight excluding hydrogens is 368 g/mol. The standard InChI is InChI=1S/C19H19ClN4OS/c20-15-5-3-14(4-6-15)19(8-1-2-9-19)18(25)21-11-16-12-24(23-22-16)17-7-10-26-13-17/h3-7,10,12-13H,1-2,8-9,11H2,(H,21,25). The van der Waals surface area contributed by atoms with E-state index in [0.29, 0.717) is 11.6 Å². The van der Waals surface area contributed by atoms with Crippen molar-refractivity contribution < 1.29 is 4.79 Å². The Morgan fingerprint density at radius 3 is 2.69 bits per heavy atom. The van der Waals surface area contributed by atoms with Crippen LogP contribution in [0.15, 0.2) is 47.3 Å². The van der Waals surface area contributed by atoms with Gasteiger partial charge in [-0.3, -0.25) is 4.79 Å². The van der Waals surface area contributed by atoms with E-state index in [9.17, 15) is 4.79 Å². The van der Waals surface area contributed by atoms with E-state index in [2.05, 4.69) is 15.6 Å². The Morgan fingerprint density at radius 1 is 1.23 bits per heavy atom. The lowest BCUT2D eigenvalue weighted by atomic mass is 9.78. The van der Waals surface area contributed by atoms with Crippen molar-refractivity contribution in [3.05, 3.63) is 63.6 Å². The fourth-order valence-electron chi connectivity index (χ4n) is 3.63. The van der Waals surface area contributed by atoms with Gasteiger partial charge in [-0.25, -0.2) is 4.68 Å². The molecular formula is C19H19ClN4OS. The molecule has 2 heterocycles. The van der Waals surface area contributed by atoms with Crippen LogP contribution in [-0.2, 0) is 16.8 Å². The molecule has 0 spiro atoms. The molecule has 1 saturated carbocycles. The van der Waals surface area contributed by atoms with E-state index in [0.717, 1.165) is 42.6 Å². The Labute approximate surface area is 161 Å². The van der Waals surface area contributed by atoms with Crippen molar-refractivity contribution in [2.75, 3.05) is 0 Å². The first kappa shape index (κ1) is 17.2. The first-order chi connectivity index (χ1) is 12.7. The summed E-state index contributed by atoms with van der Waals surface area (Å²) in [5.41, 5.74) is 2.30. The van der Waals surface area contributed by atoms with E-state index in [-0.39, 0.29) is 5.91 Å². The summed E-state index contributed by atoms with van der Waals surface area (Å²) in [6, 6.07) is 9.64. The number of hydrogen-bond donors (Lipinski definition) is 1. The van der Waals surface area contributed by atoms with E-state index >= 15 is 0 Å². The van der Waals surface area contributed by atoms with Crippen LogP contribution in [0.2, 0.25) is 5.02 Å². The lowest BCUT2D eigenvalue weighted by Gasteiger charge is -2.28. The molecule has 0 radical (unpaired) electrons. The lowest BCUT2D eigenvalue weighted by Crippen LogP contribution is -2.42. The van der Waals surface area contributed by atoms with Crippen molar-refractivity contribution in [1.82, 2.24) is 20.3 Å². The molecule has 0 saturated heterocycles. The minimum atomic E-state index is -0.464. The summed E-state index contributed by atoms with van der Waals surface area (Å²) in [4.78, 5) is 13.1. The van der Waals surface area contributed by atoms with Crippen molar-refractivity contribution in [3.63, 3.8) is 0 Å². The maximum absolute atomic E-state index is 13.1. The van der Waals surface area contributed by atoms with E-state index < -0.39 is 5.41 Å². The van der Waals surface area contributed by atoms with Crippen molar-refractivity contribution in [3.8, 4) is 5.69 Å². The number of carbonyl (C=O) groups excluding carboxylic acids is 1. The third-order valence-corrected chi connectivity index (χ3v) is 5.95. The smallest absolute Gasteiger partial charge is 0.230 e. The molecule has 134 valence electrons. The SMILES string of the molecule is O=C(NCc1cn(-c2ccsc2)nn1)C1(c2ccc(Cl)cc2)CCCC1. The number of nitrogens with one attached hydrogen (secondary N) is 1. The molecule has 1 aromatic carbocycles. The van der Waals surface area contributed by atoms with Crippen LogP contribution in [0.25, 0.3) is 5.69 Å². The van der Waals surface area contributed by atoms with Gasteiger partial charge in [0.05, 0.1) is 23.8 Å². The number of carbonyl (C=O) groups is 1. The second-order valence-electron chi connectivity index (χ2n) is 6.61. The Bertz CT molecular complexity index is 883. The largest absolute Gasteiger partial charge is 0.350 e. The van der Waals surface area contributed by atoms with Crippen LogP contribution in [-0.4, -0.2) is 20.9 Å². The normalized spacial score (nSPS) is 15.9. The Kier molecular flexibility index (Phi) is 4.78. The van der Waals surface area contributed by atoms with Gasteiger partial charge in [0.1, 0.15) is 5.69 Å². The monoisotopic (exact) mass is 386 g/mol. The first-order valence-electron chi connectivity index (χ1n) is 8.65. The number of hydrogen-bond acceptors (Lipinski definition) is 4. The summed E-state index contributed by atoms with van der Waals surface area (Å²) < 4.78 is 1.72. The molecule has 0 unspecified atom stereocenters. The molecule has 1 N–H and O–H groups in total. The van der Waals surface area contributed by atoms with E-state index in [1.54, 1.807) is 16.0 Å². The zero-order valence-electron chi connectivity index (χ0n) is 14.2. The van der Waals surface area contributed by atoms with Crippen LogP contribution in [0.1, 0.15) is 36.9 Å². The molecule has 1 aliphatic rings. The highest BCUT2D eigenvalue weighted by Crippen LogP contribution is 2.41. The van der Waals surface area contributed by atoms with Crippen molar-refractivity contribution in [2.24, 2.45) is 0 Å². The van der Waals surface area contributed by atoms with E-state index in [4.69, 9.17) is 11.6 Å². The number of aromatic nitrogens is 3. The van der Waals surface area contributed by atoms with Crippen molar-refractivity contribution in [1.29, 1.82) is 0 Å². The molecule has 0 atom stereocenters. The molecule has 26 heavy (non-hydrogen) atoms. The number of nitrogens with zero attached hydrogens (tertiary/aromatic N) is 3. The van der Waals surface area contributed by atoms with Gasteiger partial charge in [0.15, 0.2) is 0 Å². The highest BCUT2D eigenvalue weighted by atomic mass is 35.5. The number of benzene rings is 1. The van der Waals surface area contributed by atoms with Gasteiger partial charge < -0.3 is 5.32 Å². The molecule has 1 amide bonds. The second-order valence-corrected chi connectivity index (χ2v) is 7.83. The van der Waals surface area contributed by atoms with Crippen LogP contribution in [0.4, 0.5) is 0 Å². The molecule has 3 aromatic rings. The average molecular weight is 387 g/mol. The van der Waals surface area contributed by atoms with Gasteiger partial charge in [-0.15, -0.1) is 5.10 Å². The van der Waals surface area contributed by atoms with Gasteiger partial charge in [0.2, 0.25) is 5.91 Å². The predicted molar refractivity (Wildman–Crippen MR) is 103 cm³/mol. The predicted octanol–water partition coefficient (Wildman–Crippen LogP) is 4.11. The highest BCUT2D eigenvalue weighted by molar-refractivity contribution is 7.08. The van der Waals surface area contributed by atoms with Gasteiger partial charge in [-0.2, -0.15) is 11.3 Å². The fourth-order valence-corrected chi connectivity index (χ4v) is 4.38. The summed E-state index contributed by atoms with van der Waals surface area (Å²) in [5.74, 6) is 0.0578. The molecule has 4 rings (SSSR count). The molecule has 1 aliphatic carbocycles. The summed E-state index contributed by atoms with van der Waals surface area (Å²) in [5, 5.41) is 16.0. The summed E-state index contributed by atoms with van der Waals surface area (Å²) in [6.45, 7) is 0.373. The number of amides is 1. The fraction of sp³-hybridized carbons (Fsp3) is 0.316. The molecule has 0 bridgehead atoms. The zero-order chi connectivity index (χ0) is 18.0. The van der Waals surface area contributed by atoms with Crippen LogP contribution < -0.4 is 5.32 Å². The maximum Gasteiger partial charge on any atom is 0.230 e. The van der Waals surface area contributed by atoms with E-state index in [1.165, 1.54) is 0 Å². The van der Waals surface area contributed by atoms with Gasteiger partial charge in [0.25, 0.3) is 0 Å². The summed E-state index contributed by atoms with van der Waals surface area (Å²) >= 11 is 7.62. The lowest BCUT2D eigenvalue weighted by molar-refractivity contribution is -0.126. The van der Waals surface area contributed by atoms with Crippen LogP contribution in [0.3, 0.4) is 0 Å². The van der Waals surface area contributed by atoms with Crippen molar-refractivity contribution >= 4 is 28.8 Å². The van der Waals surface area contributed by atoms with Gasteiger partial charge in [0, 0.05) is 10.4 Å². The average Bonchev–Trinajstić information content (AvgIpc) is 3.41. The molecule has 1 fully saturated rings. The van der Waals surface area contributed by atoms with Gasteiger partial charge in [-0.05, 0) is 42.0 Å². The minimum Gasteiger partial charge on any atom is -0.350 e. The van der Waals surface area contributed by atoms with Gasteiger partial charge >= 0.3 is 0 Å². The van der Waals surface area contributed by atoms with Gasteiger partial charge in [-0.1, -0.05) is 41.8 Å². The summed E-state index contributed by atoms with van der Waals surface area (Å²) in [6.07, 6.45) is 5.70. The number of rotatable bonds is 5. The molecule has 7 heteroatoms. The second kappa shape index (κ2) is 7.21. The number of halogens is 1. The van der Waals surface area contributed by atoms with Crippen LogP contribution >= 0.6 is 22.9 Å². The number of thiophene rings is 1. The third kappa shape index (κ3) is 3.27. The first-order valence-corrected chi connectivity index (χ1v) is 9.98. The third-order valence-electron chi connectivity index (χ3n) is 5.03. The molecule has 5 nitrogen and oxygen atoms in total. The minimum absolute atomic E-state index is 0.0578. The maximum atomic E-state index is 13.1. The quantitative estimate of drug-likeness (QED) is 0.717. The van der Waals surface area contributed by atoms with Crippen molar-refractivity contribution in [2.45, 2.75) is 37.6 Å². The molecule has 2 aromatic heterocycles. The Balaban J connectivity index is 1.48. The van der Waals surface area contributed by atoms with E-state index in [1.807, 2.05) is 47.3 Å². The topological polar surface area (TPSA) is 59.8 Å². The van der Waals surface area contributed by atoms with Crippen LogP contribution in [0, 0.1) is 0 Å². The Morgan fingerprint density at radius 2 is 2.00 bits per heavy atom. The summed E-state index contributed by atoms with van der Waals surface area (Å²) in [7, 11) is 0.